The Hall–Kier alpha value is -2.63. The summed E-state index contributed by atoms with van der Waals surface area (Å²) in [5, 5.41) is 3.02. The molecule has 0 saturated heterocycles. The highest BCUT2D eigenvalue weighted by atomic mass is 16.1. The fourth-order valence-corrected chi connectivity index (χ4v) is 3.51. The zero-order chi connectivity index (χ0) is 20.1. The van der Waals surface area contributed by atoms with Crippen molar-refractivity contribution in [1.29, 1.82) is 0 Å². The zero-order valence-corrected chi connectivity index (χ0v) is 17.2. The van der Waals surface area contributed by atoms with E-state index < -0.39 is 0 Å². The smallest absolute Gasteiger partial charge is 0.257 e. The summed E-state index contributed by atoms with van der Waals surface area (Å²) in [6, 6.07) is 7.70. The van der Waals surface area contributed by atoms with Gasteiger partial charge in [0.15, 0.2) is 5.65 Å². The number of para-hydroxylation sites is 2. The van der Waals surface area contributed by atoms with Crippen molar-refractivity contribution in [2.45, 2.75) is 59.4 Å². The molecule has 0 aliphatic heterocycles. The highest BCUT2D eigenvalue weighted by molar-refractivity contribution is 6.10. The van der Waals surface area contributed by atoms with Gasteiger partial charge in [-0.2, -0.15) is 0 Å². The normalized spacial score (nSPS) is 11.6. The highest BCUT2D eigenvalue weighted by Gasteiger charge is 2.24. The molecular formula is C22H31N5O. The molecule has 0 aliphatic rings. The van der Waals surface area contributed by atoms with Crippen molar-refractivity contribution in [3.63, 3.8) is 0 Å². The number of fused-ring (bicyclic) bond motifs is 2. The van der Waals surface area contributed by atoms with Gasteiger partial charge in [-0.25, -0.2) is 9.97 Å². The fraction of sp³-hybridized carbons (Fsp3) is 0.500. The first-order valence-electron chi connectivity index (χ1n) is 10.4. The maximum absolute atomic E-state index is 12.9. The Balaban J connectivity index is 1.92. The molecule has 0 bridgehead atoms. The lowest BCUT2D eigenvalue weighted by molar-refractivity contribution is 0.0955. The molecule has 3 N–H and O–H groups in total. The van der Waals surface area contributed by atoms with E-state index in [-0.39, 0.29) is 5.91 Å². The van der Waals surface area contributed by atoms with Crippen molar-refractivity contribution >= 4 is 33.9 Å². The Bertz CT molecular complexity index is 960. The first-order valence-corrected chi connectivity index (χ1v) is 10.4. The van der Waals surface area contributed by atoms with Crippen molar-refractivity contribution in [1.82, 2.24) is 19.9 Å². The summed E-state index contributed by atoms with van der Waals surface area (Å²) in [6.07, 6.45) is 5.77. The van der Waals surface area contributed by atoms with Gasteiger partial charge in [-0.1, -0.05) is 58.6 Å². The maximum Gasteiger partial charge on any atom is 0.257 e. The van der Waals surface area contributed by atoms with Gasteiger partial charge in [0, 0.05) is 13.1 Å². The summed E-state index contributed by atoms with van der Waals surface area (Å²) in [4.78, 5) is 22.4. The number of nitrogens with one attached hydrogen (secondary N) is 1. The van der Waals surface area contributed by atoms with Crippen molar-refractivity contribution < 1.29 is 4.79 Å². The molecule has 0 unspecified atom stereocenters. The molecule has 3 aromatic rings. The molecule has 0 saturated carbocycles. The molecule has 1 aromatic carbocycles. The molecule has 2 heterocycles. The van der Waals surface area contributed by atoms with Gasteiger partial charge in [0.25, 0.3) is 5.91 Å². The van der Waals surface area contributed by atoms with Crippen LogP contribution in [0.5, 0.6) is 0 Å². The van der Waals surface area contributed by atoms with E-state index in [2.05, 4.69) is 26.1 Å². The molecule has 6 heteroatoms. The number of benzene rings is 1. The Morgan fingerprint density at radius 2 is 1.79 bits per heavy atom. The monoisotopic (exact) mass is 381 g/mol. The van der Waals surface area contributed by atoms with E-state index >= 15 is 0 Å². The average Bonchev–Trinajstić information content (AvgIpc) is 2.93. The molecule has 3 rings (SSSR count). The quantitative estimate of drug-likeness (QED) is 0.534. The van der Waals surface area contributed by atoms with Gasteiger partial charge in [-0.05, 0) is 24.5 Å². The predicted molar refractivity (Wildman–Crippen MR) is 115 cm³/mol. The number of rotatable bonds is 9. The molecule has 1 amide bonds. The Morgan fingerprint density at radius 3 is 2.46 bits per heavy atom. The van der Waals surface area contributed by atoms with Crippen LogP contribution in [0.25, 0.3) is 22.2 Å². The van der Waals surface area contributed by atoms with Crippen LogP contribution in [0.3, 0.4) is 0 Å². The number of hydrogen-bond donors (Lipinski definition) is 2. The Kier molecular flexibility index (Phi) is 6.49. The van der Waals surface area contributed by atoms with E-state index in [9.17, 15) is 4.79 Å². The third-order valence-corrected chi connectivity index (χ3v) is 4.93. The van der Waals surface area contributed by atoms with Crippen molar-refractivity contribution in [2.75, 3.05) is 12.3 Å². The van der Waals surface area contributed by atoms with Crippen molar-refractivity contribution in [2.24, 2.45) is 5.92 Å². The molecule has 150 valence electrons. The maximum atomic E-state index is 12.9. The van der Waals surface area contributed by atoms with Gasteiger partial charge in [0.1, 0.15) is 16.9 Å². The van der Waals surface area contributed by atoms with Gasteiger partial charge >= 0.3 is 0 Å². The molecule has 0 aliphatic carbocycles. The number of amides is 1. The predicted octanol–water partition coefficient (Wildman–Crippen LogP) is 4.52. The summed E-state index contributed by atoms with van der Waals surface area (Å²) in [6.45, 7) is 7.79. The number of nitrogens with two attached hydrogens (primary N) is 1. The number of unbranched alkanes of at least 4 members (excludes halogenated alkanes) is 4. The van der Waals surface area contributed by atoms with Crippen LogP contribution < -0.4 is 11.1 Å². The SMILES string of the molecule is CCCCCCCNC(=O)c1c(N)n(CC(C)C)c2nc3ccccc3nc12. The number of carbonyl (C=O) groups excluding carboxylic acids is 1. The van der Waals surface area contributed by atoms with Gasteiger partial charge in [0.2, 0.25) is 0 Å². The van der Waals surface area contributed by atoms with E-state index in [0.29, 0.717) is 41.6 Å². The number of nitrogens with zero attached hydrogens (tertiary/aromatic N) is 3. The third-order valence-electron chi connectivity index (χ3n) is 4.93. The second kappa shape index (κ2) is 9.04. The number of nitrogen functional groups attached to an aromatic ring is 1. The third kappa shape index (κ3) is 4.26. The van der Waals surface area contributed by atoms with Crippen LogP contribution in [0.1, 0.15) is 63.2 Å². The summed E-state index contributed by atoms with van der Waals surface area (Å²) in [7, 11) is 0. The molecule has 0 fully saturated rings. The van der Waals surface area contributed by atoms with Crippen molar-refractivity contribution in [3.8, 4) is 0 Å². The summed E-state index contributed by atoms with van der Waals surface area (Å²) >= 11 is 0. The van der Waals surface area contributed by atoms with Crippen LogP contribution in [0.15, 0.2) is 24.3 Å². The van der Waals surface area contributed by atoms with Gasteiger partial charge < -0.3 is 15.6 Å². The zero-order valence-electron chi connectivity index (χ0n) is 17.2. The Labute approximate surface area is 166 Å². The van der Waals surface area contributed by atoms with Crippen molar-refractivity contribution in [3.05, 3.63) is 29.8 Å². The number of anilines is 1. The summed E-state index contributed by atoms with van der Waals surface area (Å²) in [5.41, 5.74) is 9.70. The van der Waals surface area contributed by atoms with Crippen LogP contribution in [0.4, 0.5) is 5.82 Å². The second-order valence-electron chi connectivity index (χ2n) is 7.82. The van der Waals surface area contributed by atoms with Gasteiger partial charge in [0.05, 0.1) is 11.0 Å². The molecular weight excluding hydrogens is 350 g/mol. The molecule has 0 atom stereocenters. The first-order chi connectivity index (χ1) is 13.5. The lowest BCUT2D eigenvalue weighted by Gasteiger charge is -2.10. The first kappa shape index (κ1) is 20.1. The van der Waals surface area contributed by atoms with Crippen LogP contribution in [0.2, 0.25) is 0 Å². The van der Waals surface area contributed by atoms with Crippen LogP contribution in [-0.4, -0.2) is 27.0 Å². The lowest BCUT2D eigenvalue weighted by atomic mass is 10.1. The minimum absolute atomic E-state index is 0.162. The van der Waals surface area contributed by atoms with Gasteiger partial charge in [-0.15, -0.1) is 0 Å². The molecule has 0 radical (unpaired) electrons. The van der Waals surface area contributed by atoms with E-state index in [1.807, 2.05) is 28.8 Å². The largest absolute Gasteiger partial charge is 0.384 e. The number of aromatic nitrogens is 3. The molecule has 2 aromatic heterocycles. The number of carbonyl (C=O) groups is 1. The summed E-state index contributed by atoms with van der Waals surface area (Å²) < 4.78 is 1.93. The average molecular weight is 382 g/mol. The topological polar surface area (TPSA) is 85.8 Å². The fourth-order valence-electron chi connectivity index (χ4n) is 3.51. The van der Waals surface area contributed by atoms with Crippen LogP contribution in [-0.2, 0) is 6.54 Å². The van der Waals surface area contributed by atoms with Crippen LogP contribution >= 0.6 is 0 Å². The Morgan fingerprint density at radius 1 is 1.11 bits per heavy atom. The minimum Gasteiger partial charge on any atom is -0.384 e. The van der Waals surface area contributed by atoms with E-state index in [1.165, 1.54) is 19.3 Å². The molecule has 28 heavy (non-hydrogen) atoms. The minimum atomic E-state index is -0.162. The van der Waals surface area contributed by atoms with E-state index in [0.717, 1.165) is 23.9 Å². The highest BCUT2D eigenvalue weighted by Crippen LogP contribution is 2.28. The number of hydrogen-bond acceptors (Lipinski definition) is 4. The van der Waals surface area contributed by atoms with Crippen LogP contribution in [0, 0.1) is 5.92 Å². The summed E-state index contributed by atoms with van der Waals surface area (Å²) in [5.74, 6) is 0.660. The molecule has 6 nitrogen and oxygen atoms in total. The molecule has 0 spiro atoms. The lowest BCUT2D eigenvalue weighted by Crippen LogP contribution is -2.25. The van der Waals surface area contributed by atoms with Gasteiger partial charge in [-0.3, -0.25) is 4.79 Å². The van der Waals surface area contributed by atoms with E-state index in [4.69, 9.17) is 15.7 Å². The van der Waals surface area contributed by atoms with E-state index in [1.54, 1.807) is 0 Å². The second-order valence-corrected chi connectivity index (χ2v) is 7.82. The standard InChI is InChI=1S/C22H31N5O/c1-4-5-6-7-10-13-24-22(28)18-19-21(27(20(18)23)14-15(2)3)26-17-12-9-8-11-16(17)25-19/h8-9,11-12,15H,4-7,10,13-14,23H2,1-3H3,(H,24,28).